The number of hydrogen-bond acceptors (Lipinski definition) is 2. The van der Waals surface area contributed by atoms with Crippen molar-refractivity contribution in [1.82, 2.24) is 0 Å². The lowest BCUT2D eigenvalue weighted by Gasteiger charge is -2.16. The van der Waals surface area contributed by atoms with Gasteiger partial charge in [-0.15, -0.1) is 0 Å². The van der Waals surface area contributed by atoms with E-state index in [0.29, 0.717) is 24.8 Å². The molecule has 1 unspecified atom stereocenters. The van der Waals surface area contributed by atoms with E-state index in [-0.39, 0.29) is 17.5 Å². The Balaban J connectivity index is 2.14. The maximum absolute atomic E-state index is 12.5. The summed E-state index contributed by atoms with van der Waals surface area (Å²) in [6.45, 7) is 2.00. The van der Waals surface area contributed by atoms with Crippen LogP contribution in [0.2, 0.25) is 0 Å². The summed E-state index contributed by atoms with van der Waals surface area (Å²) in [4.78, 5) is 24.5. The van der Waals surface area contributed by atoms with Gasteiger partial charge in [0.25, 0.3) is 0 Å². The number of benzene rings is 2. The Kier molecular flexibility index (Phi) is 6.08. The highest BCUT2D eigenvalue weighted by molar-refractivity contribution is 5.96. The minimum absolute atomic E-state index is 0.0343. The Labute approximate surface area is 132 Å². The molecule has 1 atom stereocenters. The molecule has 2 nitrogen and oxygen atoms in total. The van der Waals surface area contributed by atoms with Gasteiger partial charge < -0.3 is 0 Å². The molecule has 0 aliphatic rings. The van der Waals surface area contributed by atoms with Crippen molar-refractivity contribution in [3.05, 3.63) is 71.8 Å². The molecule has 0 N–H and O–H groups in total. The third kappa shape index (κ3) is 4.66. The molecule has 2 heteroatoms. The van der Waals surface area contributed by atoms with Gasteiger partial charge in [-0.1, -0.05) is 67.6 Å². The lowest BCUT2D eigenvalue weighted by Crippen LogP contribution is -2.12. The molecular weight excluding hydrogens is 272 g/mol. The van der Waals surface area contributed by atoms with Crippen molar-refractivity contribution in [3.63, 3.8) is 0 Å². The smallest absolute Gasteiger partial charge is 0.163 e. The van der Waals surface area contributed by atoms with E-state index in [4.69, 9.17) is 0 Å². The average Bonchev–Trinajstić information content (AvgIpc) is 2.56. The molecule has 0 bridgehead atoms. The third-order valence-electron chi connectivity index (χ3n) is 3.80. The van der Waals surface area contributed by atoms with E-state index in [0.717, 1.165) is 12.0 Å². The topological polar surface area (TPSA) is 34.1 Å². The van der Waals surface area contributed by atoms with Crippen LogP contribution in [-0.4, -0.2) is 11.6 Å². The van der Waals surface area contributed by atoms with Crippen LogP contribution in [0.15, 0.2) is 60.7 Å². The highest BCUT2D eigenvalue weighted by Crippen LogP contribution is 2.26. The zero-order valence-corrected chi connectivity index (χ0v) is 13.0. The second-order valence-corrected chi connectivity index (χ2v) is 5.59. The van der Waals surface area contributed by atoms with Crippen LogP contribution in [0.25, 0.3) is 0 Å². The fraction of sp³-hybridized carbons (Fsp3) is 0.300. The van der Waals surface area contributed by atoms with E-state index in [1.165, 1.54) is 0 Å². The van der Waals surface area contributed by atoms with Crippen molar-refractivity contribution < 1.29 is 9.59 Å². The first-order chi connectivity index (χ1) is 10.7. The fourth-order valence-electron chi connectivity index (χ4n) is 2.65. The van der Waals surface area contributed by atoms with Crippen molar-refractivity contribution in [2.75, 3.05) is 0 Å². The van der Waals surface area contributed by atoms with Crippen LogP contribution in [-0.2, 0) is 4.79 Å². The lowest BCUT2D eigenvalue weighted by atomic mass is 9.87. The molecule has 0 radical (unpaired) electrons. The van der Waals surface area contributed by atoms with Gasteiger partial charge in [0.2, 0.25) is 0 Å². The number of hydrogen-bond donors (Lipinski definition) is 0. The van der Waals surface area contributed by atoms with Gasteiger partial charge in [-0.05, 0) is 17.9 Å². The number of Topliss-reactive ketones (excluding diaryl/α,β-unsaturated/α-hetero) is 2. The van der Waals surface area contributed by atoms with Gasteiger partial charge in [-0.2, -0.15) is 0 Å². The van der Waals surface area contributed by atoms with Crippen LogP contribution < -0.4 is 0 Å². The van der Waals surface area contributed by atoms with Crippen LogP contribution in [0.4, 0.5) is 0 Å². The Hall–Kier alpha value is -2.22. The minimum Gasteiger partial charge on any atom is -0.300 e. The second-order valence-electron chi connectivity index (χ2n) is 5.59. The lowest BCUT2D eigenvalue weighted by molar-refractivity contribution is -0.119. The first-order valence-electron chi connectivity index (χ1n) is 7.85. The van der Waals surface area contributed by atoms with E-state index in [1.54, 1.807) is 0 Å². The number of rotatable bonds is 8. The molecule has 0 saturated carbocycles. The molecule has 22 heavy (non-hydrogen) atoms. The predicted molar refractivity (Wildman–Crippen MR) is 89.1 cm³/mol. The maximum Gasteiger partial charge on any atom is 0.163 e. The average molecular weight is 294 g/mol. The zero-order chi connectivity index (χ0) is 15.8. The molecule has 114 valence electrons. The minimum atomic E-state index is -0.0343. The van der Waals surface area contributed by atoms with Gasteiger partial charge in [-0.25, -0.2) is 0 Å². The highest BCUT2D eigenvalue weighted by atomic mass is 16.1. The molecule has 0 heterocycles. The number of ketones is 2. The molecule has 0 fully saturated rings. The van der Waals surface area contributed by atoms with Crippen LogP contribution in [0, 0.1) is 0 Å². The summed E-state index contributed by atoms with van der Waals surface area (Å²) < 4.78 is 0. The van der Waals surface area contributed by atoms with Crippen LogP contribution in [0.3, 0.4) is 0 Å². The first-order valence-corrected chi connectivity index (χ1v) is 7.85. The molecule has 0 aliphatic carbocycles. The van der Waals surface area contributed by atoms with Crippen molar-refractivity contribution in [1.29, 1.82) is 0 Å². The molecule has 0 saturated heterocycles. The molecule has 2 aromatic carbocycles. The van der Waals surface area contributed by atoms with E-state index < -0.39 is 0 Å². The van der Waals surface area contributed by atoms with Gasteiger partial charge in [0.15, 0.2) is 5.78 Å². The Morgan fingerprint density at radius 2 is 1.45 bits per heavy atom. The SMILES string of the molecule is CCCC(=O)CC(CC(=O)c1ccccc1)c1ccccc1. The Bertz CT molecular complexity index is 602. The fourth-order valence-corrected chi connectivity index (χ4v) is 2.65. The van der Waals surface area contributed by atoms with Gasteiger partial charge >= 0.3 is 0 Å². The van der Waals surface area contributed by atoms with Gasteiger partial charge in [0.05, 0.1) is 0 Å². The van der Waals surface area contributed by atoms with Crippen molar-refractivity contribution in [2.24, 2.45) is 0 Å². The standard InChI is InChI=1S/C20H22O2/c1-2-9-19(21)14-18(16-10-5-3-6-11-16)15-20(22)17-12-7-4-8-13-17/h3-8,10-13,18H,2,9,14-15H2,1H3. The Morgan fingerprint density at radius 3 is 2.05 bits per heavy atom. The van der Waals surface area contributed by atoms with E-state index in [2.05, 4.69) is 0 Å². The maximum atomic E-state index is 12.5. The normalized spacial score (nSPS) is 11.9. The van der Waals surface area contributed by atoms with E-state index in [1.807, 2.05) is 67.6 Å². The molecule has 2 rings (SSSR count). The van der Waals surface area contributed by atoms with E-state index in [9.17, 15) is 9.59 Å². The quantitative estimate of drug-likeness (QED) is 0.655. The van der Waals surface area contributed by atoms with E-state index >= 15 is 0 Å². The monoisotopic (exact) mass is 294 g/mol. The van der Waals surface area contributed by atoms with Crippen LogP contribution >= 0.6 is 0 Å². The summed E-state index contributed by atoms with van der Waals surface area (Å²) in [5, 5.41) is 0. The summed E-state index contributed by atoms with van der Waals surface area (Å²) in [5.74, 6) is 0.295. The second kappa shape index (κ2) is 8.28. The number of carbonyl (C=O) groups excluding carboxylic acids is 2. The molecule has 0 spiro atoms. The van der Waals surface area contributed by atoms with Crippen molar-refractivity contribution in [2.45, 2.75) is 38.5 Å². The molecular formula is C20H22O2. The first kappa shape index (κ1) is 16.2. The number of carbonyl (C=O) groups is 2. The summed E-state index contributed by atoms with van der Waals surface area (Å²) in [6, 6.07) is 19.2. The van der Waals surface area contributed by atoms with Crippen LogP contribution in [0.1, 0.15) is 54.4 Å². The van der Waals surface area contributed by atoms with Gasteiger partial charge in [-0.3, -0.25) is 9.59 Å². The summed E-state index contributed by atoms with van der Waals surface area (Å²) in [5.41, 5.74) is 1.78. The molecule has 0 aliphatic heterocycles. The summed E-state index contributed by atoms with van der Waals surface area (Å²) >= 11 is 0. The Morgan fingerprint density at radius 1 is 0.864 bits per heavy atom. The van der Waals surface area contributed by atoms with Gasteiger partial charge in [0, 0.05) is 24.8 Å². The van der Waals surface area contributed by atoms with Gasteiger partial charge in [0.1, 0.15) is 5.78 Å². The zero-order valence-electron chi connectivity index (χ0n) is 13.0. The highest BCUT2D eigenvalue weighted by Gasteiger charge is 2.19. The third-order valence-corrected chi connectivity index (χ3v) is 3.80. The molecule has 2 aromatic rings. The predicted octanol–water partition coefficient (Wildman–Crippen LogP) is 4.80. The van der Waals surface area contributed by atoms with Crippen molar-refractivity contribution >= 4 is 11.6 Å². The summed E-state index contributed by atoms with van der Waals surface area (Å²) in [7, 11) is 0. The van der Waals surface area contributed by atoms with Crippen LogP contribution in [0.5, 0.6) is 0 Å². The molecule has 0 aromatic heterocycles. The summed E-state index contributed by atoms with van der Waals surface area (Å²) in [6.07, 6.45) is 2.26. The largest absolute Gasteiger partial charge is 0.300 e. The van der Waals surface area contributed by atoms with Crippen molar-refractivity contribution in [3.8, 4) is 0 Å². The molecule has 0 amide bonds.